The van der Waals surface area contributed by atoms with Crippen LogP contribution >= 0.6 is 35.3 Å². The third-order valence-corrected chi connectivity index (χ3v) is 6.74. The quantitative estimate of drug-likeness (QED) is 0.319. The third kappa shape index (κ3) is 6.41. The van der Waals surface area contributed by atoms with Gasteiger partial charge in [0.05, 0.1) is 12.2 Å². The average Bonchev–Trinajstić information content (AvgIpc) is 3.36. The number of aliphatic imine (C=N–C) groups is 1. The molecule has 1 saturated heterocycles. The standard InChI is InChI=1S/C21H35N7S.HI/c1-22-21(24-14-18(26(2)3)17-13-25-28(5)15-17)23-12-16-8-6-10-27(4)20(16)19-9-7-11-29-19;/h7,9,11,13,15-16,18,20H,6,8,10,12,14H2,1-5H3,(H2,22,23,24);1H. The summed E-state index contributed by atoms with van der Waals surface area (Å²) in [6.45, 7) is 2.87. The Balaban J connectivity index is 0.00000320. The predicted molar refractivity (Wildman–Crippen MR) is 137 cm³/mol. The van der Waals surface area contributed by atoms with Gasteiger partial charge in [-0.05, 0) is 57.9 Å². The first-order valence-corrected chi connectivity index (χ1v) is 11.2. The van der Waals surface area contributed by atoms with Gasteiger partial charge >= 0.3 is 0 Å². The summed E-state index contributed by atoms with van der Waals surface area (Å²) in [6.07, 6.45) is 6.51. The second-order valence-electron chi connectivity index (χ2n) is 8.10. The van der Waals surface area contributed by atoms with E-state index in [2.05, 4.69) is 75.4 Å². The van der Waals surface area contributed by atoms with Crippen molar-refractivity contribution in [2.75, 3.05) is 47.8 Å². The molecule has 30 heavy (non-hydrogen) atoms. The minimum absolute atomic E-state index is 0. The number of likely N-dealkylation sites (N-methyl/N-ethyl adjacent to an activating group) is 1. The summed E-state index contributed by atoms with van der Waals surface area (Å²) in [5, 5.41) is 13.6. The molecule has 1 aliphatic rings. The Hall–Kier alpha value is -1.17. The van der Waals surface area contributed by atoms with Crippen molar-refractivity contribution in [3.63, 3.8) is 0 Å². The maximum atomic E-state index is 4.45. The summed E-state index contributed by atoms with van der Waals surface area (Å²) in [6, 6.07) is 5.15. The fourth-order valence-electron chi connectivity index (χ4n) is 4.24. The van der Waals surface area contributed by atoms with Gasteiger partial charge in [-0.3, -0.25) is 14.6 Å². The smallest absolute Gasteiger partial charge is 0.191 e. The summed E-state index contributed by atoms with van der Waals surface area (Å²) in [5.74, 6) is 1.44. The van der Waals surface area contributed by atoms with Gasteiger partial charge in [-0.1, -0.05) is 6.07 Å². The molecule has 3 heterocycles. The normalized spacial score (nSPS) is 21.3. The zero-order chi connectivity index (χ0) is 20.8. The van der Waals surface area contributed by atoms with Crippen molar-refractivity contribution in [3.05, 3.63) is 40.3 Å². The van der Waals surface area contributed by atoms with E-state index in [1.807, 2.05) is 36.3 Å². The van der Waals surface area contributed by atoms with Crippen molar-refractivity contribution in [3.8, 4) is 0 Å². The number of nitrogens with one attached hydrogen (secondary N) is 2. The summed E-state index contributed by atoms with van der Waals surface area (Å²) in [4.78, 5) is 10.6. The van der Waals surface area contributed by atoms with E-state index in [-0.39, 0.29) is 30.0 Å². The Morgan fingerprint density at radius 1 is 1.37 bits per heavy atom. The molecule has 0 amide bonds. The third-order valence-electron chi connectivity index (χ3n) is 5.79. The van der Waals surface area contributed by atoms with Crippen LogP contribution < -0.4 is 10.6 Å². The minimum atomic E-state index is 0. The fraction of sp³-hybridized carbons (Fsp3) is 0.619. The van der Waals surface area contributed by atoms with Crippen molar-refractivity contribution in [1.82, 2.24) is 30.2 Å². The highest BCUT2D eigenvalue weighted by molar-refractivity contribution is 14.0. The van der Waals surface area contributed by atoms with E-state index >= 15 is 0 Å². The van der Waals surface area contributed by atoms with E-state index in [1.165, 1.54) is 29.8 Å². The SMILES string of the molecule is CN=C(NCC1CCCN(C)C1c1cccs1)NCC(c1cnn(C)c1)N(C)C.I. The lowest BCUT2D eigenvalue weighted by atomic mass is 9.88. The number of aromatic nitrogens is 2. The molecule has 0 aromatic carbocycles. The number of nitrogens with zero attached hydrogens (tertiary/aromatic N) is 5. The van der Waals surface area contributed by atoms with E-state index in [1.54, 1.807) is 0 Å². The number of likely N-dealkylation sites (tertiary alicyclic amines) is 1. The van der Waals surface area contributed by atoms with Crippen LogP contribution in [0.4, 0.5) is 0 Å². The van der Waals surface area contributed by atoms with Crippen LogP contribution in [0.5, 0.6) is 0 Å². The van der Waals surface area contributed by atoms with Crippen molar-refractivity contribution in [2.45, 2.75) is 24.9 Å². The lowest BCUT2D eigenvalue weighted by molar-refractivity contribution is 0.125. The van der Waals surface area contributed by atoms with E-state index in [9.17, 15) is 0 Å². The summed E-state index contributed by atoms with van der Waals surface area (Å²) < 4.78 is 1.85. The van der Waals surface area contributed by atoms with Crippen LogP contribution in [0.1, 0.15) is 35.4 Å². The number of thiophene rings is 1. The second kappa shape index (κ2) is 12.0. The average molecular weight is 546 g/mol. The molecule has 0 bridgehead atoms. The Labute approximate surface area is 201 Å². The van der Waals surface area contributed by atoms with E-state index in [4.69, 9.17) is 0 Å². The molecule has 0 aliphatic carbocycles. The molecular weight excluding hydrogens is 509 g/mol. The largest absolute Gasteiger partial charge is 0.356 e. The van der Waals surface area contributed by atoms with E-state index < -0.39 is 0 Å². The summed E-state index contributed by atoms with van der Waals surface area (Å²) in [7, 11) is 10.2. The van der Waals surface area contributed by atoms with Gasteiger partial charge in [0.25, 0.3) is 0 Å². The summed E-state index contributed by atoms with van der Waals surface area (Å²) >= 11 is 1.87. The van der Waals surface area contributed by atoms with Gasteiger partial charge in [-0.15, -0.1) is 35.3 Å². The topological polar surface area (TPSA) is 60.7 Å². The molecule has 168 valence electrons. The zero-order valence-electron chi connectivity index (χ0n) is 18.7. The fourth-order valence-corrected chi connectivity index (χ4v) is 5.22. The Morgan fingerprint density at radius 3 is 2.77 bits per heavy atom. The van der Waals surface area contributed by atoms with Crippen LogP contribution in [-0.2, 0) is 7.05 Å². The molecule has 2 N–H and O–H groups in total. The highest BCUT2D eigenvalue weighted by atomic mass is 127. The predicted octanol–water partition coefficient (Wildman–Crippen LogP) is 2.95. The molecule has 2 aromatic heterocycles. The highest BCUT2D eigenvalue weighted by Gasteiger charge is 2.31. The molecule has 3 unspecified atom stereocenters. The molecule has 1 fully saturated rings. The number of hydrogen-bond donors (Lipinski definition) is 2. The van der Waals surface area contributed by atoms with Gasteiger partial charge in [0.1, 0.15) is 0 Å². The van der Waals surface area contributed by atoms with Crippen LogP contribution in [0.2, 0.25) is 0 Å². The molecule has 2 aromatic rings. The molecule has 9 heteroatoms. The molecule has 0 radical (unpaired) electrons. The monoisotopic (exact) mass is 545 g/mol. The highest BCUT2D eigenvalue weighted by Crippen LogP contribution is 2.36. The van der Waals surface area contributed by atoms with Crippen LogP contribution in [0.15, 0.2) is 34.9 Å². The maximum absolute atomic E-state index is 4.45. The van der Waals surface area contributed by atoms with Gasteiger partial charge in [-0.2, -0.15) is 5.10 Å². The van der Waals surface area contributed by atoms with Gasteiger partial charge in [0.2, 0.25) is 0 Å². The van der Waals surface area contributed by atoms with Crippen molar-refractivity contribution in [2.24, 2.45) is 18.0 Å². The van der Waals surface area contributed by atoms with Gasteiger partial charge < -0.3 is 15.5 Å². The lowest BCUT2D eigenvalue weighted by Crippen LogP contribution is -2.46. The first-order chi connectivity index (χ1) is 14.0. The number of aryl methyl sites for hydroxylation is 1. The Morgan fingerprint density at radius 2 is 2.17 bits per heavy atom. The van der Waals surface area contributed by atoms with Gasteiger partial charge in [0, 0.05) is 49.9 Å². The molecule has 1 aliphatic heterocycles. The van der Waals surface area contributed by atoms with E-state index in [0.29, 0.717) is 12.0 Å². The first-order valence-electron chi connectivity index (χ1n) is 10.3. The first kappa shape index (κ1) is 25.1. The molecule has 7 nitrogen and oxygen atoms in total. The number of rotatable bonds is 7. The number of halogens is 1. The van der Waals surface area contributed by atoms with Crippen molar-refractivity contribution in [1.29, 1.82) is 0 Å². The van der Waals surface area contributed by atoms with Crippen molar-refractivity contribution < 1.29 is 0 Å². The number of guanidine groups is 1. The molecular formula is C21H36IN7S. The molecule has 3 rings (SSSR count). The second-order valence-corrected chi connectivity index (χ2v) is 9.08. The van der Waals surface area contributed by atoms with Gasteiger partial charge in [-0.25, -0.2) is 0 Å². The molecule has 3 atom stereocenters. The van der Waals surface area contributed by atoms with E-state index in [0.717, 1.165) is 19.0 Å². The Bertz CT molecular complexity index is 774. The van der Waals surface area contributed by atoms with Crippen molar-refractivity contribution >= 4 is 41.3 Å². The van der Waals surface area contributed by atoms with Crippen LogP contribution in [0.3, 0.4) is 0 Å². The number of hydrogen-bond acceptors (Lipinski definition) is 5. The summed E-state index contributed by atoms with van der Waals surface area (Å²) in [5.41, 5.74) is 1.20. The van der Waals surface area contributed by atoms with Crippen LogP contribution in [0, 0.1) is 5.92 Å². The van der Waals surface area contributed by atoms with Crippen LogP contribution in [-0.4, -0.2) is 73.4 Å². The zero-order valence-corrected chi connectivity index (χ0v) is 21.9. The molecule has 0 spiro atoms. The Kier molecular flexibility index (Phi) is 10.1. The maximum Gasteiger partial charge on any atom is 0.191 e. The molecule has 0 saturated carbocycles. The minimum Gasteiger partial charge on any atom is -0.356 e. The van der Waals surface area contributed by atoms with Crippen LogP contribution in [0.25, 0.3) is 0 Å². The number of piperidine rings is 1. The lowest BCUT2D eigenvalue weighted by Gasteiger charge is -2.39. The van der Waals surface area contributed by atoms with Gasteiger partial charge in [0.15, 0.2) is 5.96 Å².